The van der Waals surface area contributed by atoms with Gasteiger partial charge in [0.1, 0.15) is 5.75 Å². The number of hydroxylamine groups is 2. The van der Waals surface area contributed by atoms with Gasteiger partial charge in [0.2, 0.25) is 5.91 Å². The summed E-state index contributed by atoms with van der Waals surface area (Å²) in [6.45, 7) is 2.29. The Bertz CT molecular complexity index is 644. The minimum atomic E-state index is -1.49. The Morgan fingerprint density at radius 3 is 2.83 bits per heavy atom. The molecule has 130 valence electrons. The molecule has 0 aliphatic carbocycles. The number of carbonyl (C=O) groups excluding carboxylic acids is 2. The zero-order valence-electron chi connectivity index (χ0n) is 13.7. The third-order valence-corrected chi connectivity index (χ3v) is 4.35. The molecule has 0 radical (unpaired) electrons. The van der Waals surface area contributed by atoms with Gasteiger partial charge in [0.25, 0.3) is 0 Å². The fourth-order valence-corrected chi connectivity index (χ4v) is 3.19. The number of amides is 1. The summed E-state index contributed by atoms with van der Waals surface area (Å²) < 4.78 is 10.3. The standard InChI is InChI=1S/C17H21NO6/c1-17(21,8-15(20)22-2)7-14(19)18-16-11(10-24-18)9-23-13-6-4-3-5-12(13)16/h3-6,11,16,21H,7-10H2,1-2H3/t11-,16+,17-/m0/s1. The SMILES string of the molecule is COC(=O)C[C@@](C)(O)CC(=O)N1OC[C@@H]2COc3ccccc3[C@@H]21. The molecular formula is C17H21NO6. The third kappa shape index (κ3) is 3.22. The zero-order chi connectivity index (χ0) is 17.3. The van der Waals surface area contributed by atoms with Gasteiger partial charge in [-0.15, -0.1) is 0 Å². The van der Waals surface area contributed by atoms with Crippen molar-refractivity contribution in [2.45, 2.75) is 31.4 Å². The van der Waals surface area contributed by atoms with E-state index < -0.39 is 11.6 Å². The van der Waals surface area contributed by atoms with Crippen LogP contribution in [-0.4, -0.2) is 48.0 Å². The Hall–Kier alpha value is -2.12. The maximum absolute atomic E-state index is 12.6. The topological polar surface area (TPSA) is 85.3 Å². The van der Waals surface area contributed by atoms with Crippen LogP contribution in [0.4, 0.5) is 0 Å². The number of hydrogen-bond donors (Lipinski definition) is 1. The highest BCUT2D eigenvalue weighted by Crippen LogP contribution is 2.43. The number of nitrogens with zero attached hydrogens (tertiary/aromatic N) is 1. The minimum Gasteiger partial charge on any atom is -0.493 e. The second-order valence-electron chi connectivity index (χ2n) is 6.50. The number of fused-ring (bicyclic) bond motifs is 3. The van der Waals surface area contributed by atoms with E-state index in [0.717, 1.165) is 11.3 Å². The van der Waals surface area contributed by atoms with Crippen LogP contribution in [0.15, 0.2) is 24.3 Å². The number of esters is 1. The first-order chi connectivity index (χ1) is 11.4. The summed E-state index contributed by atoms with van der Waals surface area (Å²) in [7, 11) is 1.24. The number of rotatable bonds is 4. The van der Waals surface area contributed by atoms with Gasteiger partial charge in [-0.25, -0.2) is 5.06 Å². The van der Waals surface area contributed by atoms with Crippen LogP contribution in [0.25, 0.3) is 0 Å². The second kappa shape index (κ2) is 6.41. The normalized spacial score (nSPS) is 24.4. The number of hydrogen-bond acceptors (Lipinski definition) is 6. The summed E-state index contributed by atoms with van der Waals surface area (Å²) in [6, 6.07) is 7.30. The molecule has 2 aliphatic heterocycles. The number of benzene rings is 1. The smallest absolute Gasteiger partial charge is 0.308 e. The molecule has 0 unspecified atom stereocenters. The van der Waals surface area contributed by atoms with Gasteiger partial charge < -0.3 is 14.6 Å². The fraction of sp³-hybridized carbons (Fsp3) is 0.529. The maximum Gasteiger partial charge on any atom is 0.308 e. The highest BCUT2D eigenvalue weighted by molar-refractivity contribution is 5.79. The summed E-state index contributed by atoms with van der Waals surface area (Å²) in [5.74, 6) is -0.143. The monoisotopic (exact) mass is 335 g/mol. The van der Waals surface area contributed by atoms with Gasteiger partial charge >= 0.3 is 5.97 Å². The molecule has 0 aromatic heterocycles. The highest BCUT2D eigenvalue weighted by Gasteiger charge is 2.45. The molecule has 1 aromatic rings. The van der Waals surface area contributed by atoms with E-state index in [9.17, 15) is 14.7 Å². The average Bonchev–Trinajstić information content (AvgIpc) is 2.98. The van der Waals surface area contributed by atoms with E-state index in [0.29, 0.717) is 13.2 Å². The molecule has 2 aliphatic rings. The van der Waals surface area contributed by atoms with E-state index in [1.54, 1.807) is 0 Å². The number of ether oxygens (including phenoxy) is 2. The van der Waals surface area contributed by atoms with E-state index in [4.69, 9.17) is 9.57 Å². The van der Waals surface area contributed by atoms with Crippen molar-refractivity contribution in [3.05, 3.63) is 29.8 Å². The molecule has 0 spiro atoms. The Balaban J connectivity index is 1.76. The second-order valence-corrected chi connectivity index (χ2v) is 6.50. The van der Waals surface area contributed by atoms with Crippen molar-refractivity contribution in [1.82, 2.24) is 5.06 Å². The molecule has 1 amide bonds. The molecule has 1 N–H and O–H groups in total. The van der Waals surface area contributed by atoms with Crippen molar-refractivity contribution >= 4 is 11.9 Å². The molecule has 1 fully saturated rings. The first-order valence-corrected chi connectivity index (χ1v) is 7.87. The lowest BCUT2D eigenvalue weighted by molar-refractivity contribution is -0.182. The lowest BCUT2D eigenvalue weighted by Gasteiger charge is -2.32. The van der Waals surface area contributed by atoms with Gasteiger partial charge in [0.05, 0.1) is 44.8 Å². The van der Waals surface area contributed by atoms with Crippen molar-refractivity contribution in [3.63, 3.8) is 0 Å². The van der Waals surface area contributed by atoms with Crippen LogP contribution in [0.5, 0.6) is 5.75 Å². The van der Waals surface area contributed by atoms with E-state index in [-0.39, 0.29) is 30.7 Å². The Kier molecular flexibility index (Phi) is 4.47. The van der Waals surface area contributed by atoms with Crippen LogP contribution in [0, 0.1) is 5.92 Å². The summed E-state index contributed by atoms with van der Waals surface area (Å²) in [4.78, 5) is 29.6. The summed E-state index contributed by atoms with van der Waals surface area (Å²) in [5, 5.41) is 11.6. The molecule has 3 atom stereocenters. The molecule has 0 saturated carbocycles. The fourth-order valence-electron chi connectivity index (χ4n) is 3.19. The number of aliphatic hydroxyl groups is 1. The molecular weight excluding hydrogens is 314 g/mol. The molecule has 3 rings (SSSR count). The first kappa shape index (κ1) is 16.7. The molecule has 1 saturated heterocycles. The molecule has 24 heavy (non-hydrogen) atoms. The number of methoxy groups -OCH3 is 1. The van der Waals surface area contributed by atoms with Crippen LogP contribution in [0.2, 0.25) is 0 Å². The van der Waals surface area contributed by atoms with E-state index in [2.05, 4.69) is 4.74 Å². The van der Waals surface area contributed by atoms with E-state index >= 15 is 0 Å². The average molecular weight is 335 g/mol. The summed E-state index contributed by atoms with van der Waals surface area (Å²) >= 11 is 0. The van der Waals surface area contributed by atoms with Crippen LogP contribution in [0.3, 0.4) is 0 Å². The van der Waals surface area contributed by atoms with Gasteiger partial charge in [0, 0.05) is 11.5 Å². The predicted molar refractivity (Wildman–Crippen MR) is 82.8 cm³/mol. The predicted octanol–water partition coefficient (Wildman–Crippen LogP) is 1.21. The first-order valence-electron chi connectivity index (χ1n) is 7.87. The molecule has 7 heteroatoms. The van der Waals surface area contributed by atoms with Gasteiger partial charge in [-0.3, -0.25) is 14.4 Å². The summed E-state index contributed by atoms with van der Waals surface area (Å²) in [6.07, 6.45) is -0.481. The highest BCUT2D eigenvalue weighted by atomic mass is 16.7. The number of para-hydroxylation sites is 1. The van der Waals surface area contributed by atoms with Gasteiger partial charge in [-0.2, -0.15) is 0 Å². The Morgan fingerprint density at radius 1 is 1.33 bits per heavy atom. The maximum atomic E-state index is 12.6. The van der Waals surface area contributed by atoms with Gasteiger partial charge in [0.15, 0.2) is 0 Å². The zero-order valence-corrected chi connectivity index (χ0v) is 13.7. The van der Waals surface area contributed by atoms with Crippen LogP contribution in [-0.2, 0) is 19.2 Å². The molecule has 2 heterocycles. The van der Waals surface area contributed by atoms with Crippen LogP contribution < -0.4 is 4.74 Å². The van der Waals surface area contributed by atoms with Crippen LogP contribution in [0.1, 0.15) is 31.4 Å². The molecule has 7 nitrogen and oxygen atoms in total. The third-order valence-electron chi connectivity index (χ3n) is 4.35. The van der Waals surface area contributed by atoms with Crippen LogP contribution >= 0.6 is 0 Å². The lowest BCUT2D eigenvalue weighted by Crippen LogP contribution is -2.40. The van der Waals surface area contributed by atoms with Crippen molar-refractivity contribution in [2.24, 2.45) is 5.92 Å². The van der Waals surface area contributed by atoms with Gasteiger partial charge in [-0.05, 0) is 13.0 Å². The van der Waals surface area contributed by atoms with Crippen molar-refractivity contribution < 1.29 is 29.0 Å². The largest absolute Gasteiger partial charge is 0.493 e. The summed E-state index contributed by atoms with van der Waals surface area (Å²) in [5.41, 5.74) is -0.594. The van der Waals surface area contributed by atoms with Crippen molar-refractivity contribution in [2.75, 3.05) is 20.3 Å². The quantitative estimate of drug-likeness (QED) is 0.833. The molecule has 0 bridgehead atoms. The van der Waals surface area contributed by atoms with Crippen molar-refractivity contribution in [3.8, 4) is 5.75 Å². The van der Waals surface area contributed by atoms with E-state index in [1.807, 2.05) is 24.3 Å². The minimum absolute atomic E-state index is 0.0504. The number of carbonyl (C=O) groups is 2. The Labute approximate surface area is 140 Å². The Morgan fingerprint density at radius 2 is 2.08 bits per heavy atom. The van der Waals surface area contributed by atoms with Gasteiger partial charge in [-0.1, -0.05) is 18.2 Å². The molecule has 1 aromatic carbocycles. The van der Waals surface area contributed by atoms with E-state index in [1.165, 1.54) is 19.1 Å². The lowest BCUT2D eigenvalue weighted by atomic mass is 9.91. The van der Waals surface area contributed by atoms with Crippen molar-refractivity contribution in [1.29, 1.82) is 0 Å².